The quantitative estimate of drug-likeness (QED) is 0.796. The molecule has 0 saturated carbocycles. The van der Waals surface area contributed by atoms with E-state index in [1.807, 2.05) is 0 Å². The summed E-state index contributed by atoms with van der Waals surface area (Å²) in [6.07, 6.45) is -5.14. The van der Waals surface area contributed by atoms with Gasteiger partial charge in [-0.05, 0) is 38.8 Å². The van der Waals surface area contributed by atoms with Crippen LogP contribution in [0.4, 0.5) is 23.7 Å². The Morgan fingerprint density at radius 3 is 2.50 bits per heavy atom. The SMILES string of the molecule is CC(C)(C)OC(=O)N1CCc2c(-c3n[nH]c(C(F)(F)F)c3C(=O)O)cccc21. The van der Waals surface area contributed by atoms with Crippen molar-refractivity contribution in [3.63, 3.8) is 0 Å². The van der Waals surface area contributed by atoms with Gasteiger partial charge in [-0.1, -0.05) is 12.1 Å². The van der Waals surface area contributed by atoms with Crippen LogP contribution in [0, 0.1) is 0 Å². The molecule has 2 N–H and O–H groups in total. The first-order valence-corrected chi connectivity index (χ1v) is 8.42. The molecule has 0 spiro atoms. The van der Waals surface area contributed by atoms with Gasteiger partial charge in [0, 0.05) is 12.1 Å². The van der Waals surface area contributed by atoms with Crippen molar-refractivity contribution in [1.82, 2.24) is 10.2 Å². The van der Waals surface area contributed by atoms with Gasteiger partial charge in [-0.2, -0.15) is 18.3 Å². The molecule has 150 valence electrons. The van der Waals surface area contributed by atoms with Gasteiger partial charge in [-0.15, -0.1) is 0 Å². The van der Waals surface area contributed by atoms with Gasteiger partial charge in [-0.25, -0.2) is 9.59 Å². The predicted octanol–water partition coefficient (Wildman–Crippen LogP) is 4.09. The molecule has 7 nitrogen and oxygen atoms in total. The maximum atomic E-state index is 13.1. The summed E-state index contributed by atoms with van der Waals surface area (Å²) in [4.78, 5) is 25.3. The van der Waals surface area contributed by atoms with Gasteiger partial charge < -0.3 is 9.84 Å². The van der Waals surface area contributed by atoms with Crippen molar-refractivity contribution in [2.24, 2.45) is 0 Å². The predicted molar refractivity (Wildman–Crippen MR) is 93.3 cm³/mol. The number of anilines is 1. The van der Waals surface area contributed by atoms with Crippen LogP contribution in [0.1, 0.15) is 42.4 Å². The van der Waals surface area contributed by atoms with E-state index in [1.54, 1.807) is 31.9 Å². The molecule has 1 aliphatic rings. The summed E-state index contributed by atoms with van der Waals surface area (Å²) < 4.78 is 44.8. The molecule has 28 heavy (non-hydrogen) atoms. The van der Waals surface area contributed by atoms with Gasteiger partial charge in [0.1, 0.15) is 16.9 Å². The van der Waals surface area contributed by atoms with E-state index in [4.69, 9.17) is 4.74 Å². The number of ether oxygens (including phenoxy) is 1. The fourth-order valence-electron chi connectivity index (χ4n) is 3.11. The first-order chi connectivity index (χ1) is 12.9. The Hall–Kier alpha value is -3.04. The first kappa shape index (κ1) is 19.7. The van der Waals surface area contributed by atoms with E-state index in [1.165, 1.54) is 17.0 Å². The van der Waals surface area contributed by atoms with Crippen LogP contribution in [0.3, 0.4) is 0 Å². The van der Waals surface area contributed by atoms with Crippen LogP contribution in [0.25, 0.3) is 11.3 Å². The summed E-state index contributed by atoms with van der Waals surface area (Å²) in [6.45, 7) is 5.43. The topological polar surface area (TPSA) is 95.5 Å². The molecular formula is C18H18F3N3O4. The number of carboxylic acid groups (broad SMARTS) is 1. The van der Waals surface area contributed by atoms with Gasteiger partial charge in [0.25, 0.3) is 0 Å². The van der Waals surface area contributed by atoms with E-state index < -0.39 is 35.1 Å². The van der Waals surface area contributed by atoms with Crippen molar-refractivity contribution in [2.45, 2.75) is 39.0 Å². The number of nitrogens with one attached hydrogen (secondary N) is 1. The minimum atomic E-state index is -4.89. The fraction of sp³-hybridized carbons (Fsp3) is 0.389. The second-order valence-corrected chi connectivity index (χ2v) is 7.31. The zero-order chi connectivity index (χ0) is 20.9. The second-order valence-electron chi connectivity index (χ2n) is 7.31. The highest BCUT2D eigenvalue weighted by Gasteiger charge is 2.41. The van der Waals surface area contributed by atoms with Gasteiger partial charge in [0.2, 0.25) is 0 Å². The van der Waals surface area contributed by atoms with E-state index in [2.05, 4.69) is 5.10 Å². The lowest BCUT2D eigenvalue weighted by molar-refractivity contribution is -0.141. The highest BCUT2D eigenvalue weighted by Crippen LogP contribution is 2.40. The molecule has 0 aliphatic carbocycles. The number of H-pyrrole nitrogens is 1. The van der Waals surface area contributed by atoms with Crippen molar-refractivity contribution in [3.05, 3.63) is 35.0 Å². The van der Waals surface area contributed by atoms with E-state index in [-0.39, 0.29) is 17.8 Å². The molecule has 1 aromatic heterocycles. The molecule has 1 amide bonds. The average Bonchev–Trinajstić information content (AvgIpc) is 3.16. The molecule has 10 heteroatoms. The number of carbonyl (C=O) groups is 2. The standard InChI is InChI=1S/C18H18F3N3O4/c1-17(2,3)28-16(27)24-8-7-9-10(5-4-6-11(9)24)13-12(15(25)26)14(23-22-13)18(19,20)21/h4-6H,7-8H2,1-3H3,(H,22,23)(H,25,26). The Kier molecular flexibility index (Phi) is 4.60. The average molecular weight is 397 g/mol. The van der Waals surface area contributed by atoms with Crippen LogP contribution in [0.2, 0.25) is 0 Å². The zero-order valence-electron chi connectivity index (χ0n) is 15.3. The number of aromatic amines is 1. The molecule has 1 aliphatic heterocycles. The van der Waals surface area contributed by atoms with Gasteiger partial charge in [-0.3, -0.25) is 10.00 Å². The Bertz CT molecular complexity index is 945. The molecular weight excluding hydrogens is 379 g/mol. The van der Waals surface area contributed by atoms with E-state index >= 15 is 0 Å². The number of carboxylic acids is 1. The third-order valence-corrected chi connectivity index (χ3v) is 4.16. The number of aromatic carboxylic acids is 1. The highest BCUT2D eigenvalue weighted by molar-refractivity contribution is 5.99. The summed E-state index contributed by atoms with van der Waals surface area (Å²) in [5.41, 5.74) is -2.17. The van der Waals surface area contributed by atoms with Crippen LogP contribution in [0.15, 0.2) is 18.2 Å². The summed E-state index contributed by atoms with van der Waals surface area (Å²) in [6, 6.07) is 4.65. The second kappa shape index (κ2) is 6.54. The Morgan fingerprint density at radius 1 is 1.25 bits per heavy atom. The lowest BCUT2D eigenvalue weighted by Crippen LogP contribution is -2.35. The summed E-state index contributed by atoms with van der Waals surface area (Å²) in [7, 11) is 0. The number of fused-ring (bicyclic) bond motifs is 1. The third-order valence-electron chi connectivity index (χ3n) is 4.16. The lowest BCUT2D eigenvalue weighted by Gasteiger charge is -2.24. The highest BCUT2D eigenvalue weighted by atomic mass is 19.4. The van der Waals surface area contributed by atoms with E-state index in [0.29, 0.717) is 17.7 Å². The molecule has 0 bridgehead atoms. The summed E-state index contributed by atoms with van der Waals surface area (Å²) in [5, 5.41) is 14.7. The maximum absolute atomic E-state index is 13.1. The fourth-order valence-corrected chi connectivity index (χ4v) is 3.11. The van der Waals surface area contributed by atoms with Crippen molar-refractivity contribution in [3.8, 4) is 11.3 Å². The van der Waals surface area contributed by atoms with Crippen molar-refractivity contribution in [1.29, 1.82) is 0 Å². The smallest absolute Gasteiger partial charge is 0.433 e. The number of hydrogen-bond acceptors (Lipinski definition) is 4. The van der Waals surface area contributed by atoms with Crippen LogP contribution < -0.4 is 4.90 Å². The van der Waals surface area contributed by atoms with Crippen molar-refractivity contribution in [2.75, 3.05) is 11.4 Å². The van der Waals surface area contributed by atoms with Crippen LogP contribution in [-0.2, 0) is 17.3 Å². The third kappa shape index (κ3) is 3.54. The molecule has 0 saturated heterocycles. The molecule has 0 fully saturated rings. The molecule has 2 aromatic rings. The molecule has 0 atom stereocenters. The number of alkyl halides is 3. The van der Waals surface area contributed by atoms with Gasteiger partial charge in [0.05, 0.1) is 5.69 Å². The summed E-state index contributed by atoms with van der Waals surface area (Å²) in [5.74, 6) is -1.74. The van der Waals surface area contributed by atoms with Gasteiger partial charge >= 0.3 is 18.2 Å². The molecule has 3 rings (SSSR count). The van der Waals surface area contributed by atoms with Gasteiger partial charge in [0.15, 0.2) is 5.69 Å². The number of carbonyl (C=O) groups excluding carboxylic acids is 1. The minimum absolute atomic E-state index is 0.229. The molecule has 2 heterocycles. The van der Waals surface area contributed by atoms with Crippen molar-refractivity contribution < 1.29 is 32.6 Å². The number of rotatable bonds is 2. The number of aromatic nitrogens is 2. The van der Waals surface area contributed by atoms with E-state index in [0.717, 1.165) is 0 Å². The van der Waals surface area contributed by atoms with Crippen molar-refractivity contribution >= 4 is 17.7 Å². The minimum Gasteiger partial charge on any atom is -0.478 e. The molecule has 1 aromatic carbocycles. The Labute approximate surface area is 158 Å². The lowest BCUT2D eigenvalue weighted by atomic mass is 9.98. The van der Waals surface area contributed by atoms with E-state index in [9.17, 15) is 27.9 Å². The monoisotopic (exact) mass is 397 g/mol. The number of nitrogens with zero attached hydrogens (tertiary/aromatic N) is 2. The number of amides is 1. The molecule has 0 radical (unpaired) electrons. The zero-order valence-corrected chi connectivity index (χ0v) is 15.3. The maximum Gasteiger partial charge on any atom is 0.433 e. The number of halogens is 3. The number of benzene rings is 1. The number of hydrogen-bond donors (Lipinski definition) is 2. The molecule has 0 unspecified atom stereocenters. The van der Waals surface area contributed by atoms with Crippen LogP contribution in [0.5, 0.6) is 0 Å². The summed E-state index contributed by atoms with van der Waals surface area (Å²) >= 11 is 0. The van der Waals surface area contributed by atoms with Crippen LogP contribution in [-0.4, -0.2) is 39.5 Å². The van der Waals surface area contributed by atoms with Crippen LogP contribution >= 0.6 is 0 Å². The largest absolute Gasteiger partial charge is 0.478 e. The Morgan fingerprint density at radius 2 is 1.93 bits per heavy atom. The Balaban J connectivity index is 2.08. The normalized spacial score (nSPS) is 14.1. The first-order valence-electron chi connectivity index (χ1n) is 8.42.